The molecule has 1 atom stereocenters. The summed E-state index contributed by atoms with van der Waals surface area (Å²) < 4.78 is 0. The molecule has 0 radical (unpaired) electrons. The Hall–Kier alpha value is 0.780. The van der Waals surface area contributed by atoms with E-state index in [2.05, 4.69) is 10.6 Å². The van der Waals surface area contributed by atoms with Gasteiger partial charge < -0.3 is 0 Å². The lowest BCUT2D eigenvalue weighted by Gasteiger charge is -1.80. The Kier molecular flexibility index (Phi) is 5.76. The van der Waals surface area contributed by atoms with Crippen LogP contribution in [0, 0.1) is 0 Å². The molecule has 2 rings (SSSR count). The maximum absolute atomic E-state index is 3.00. The van der Waals surface area contributed by atoms with E-state index in [4.69, 9.17) is 0 Å². The zero-order chi connectivity index (χ0) is 7.07. The topological polar surface area (TPSA) is 24.1 Å². The van der Waals surface area contributed by atoms with Crippen LogP contribution in [0.2, 0.25) is 0 Å². The van der Waals surface area contributed by atoms with Crippen LogP contribution >= 0.6 is 17.3 Å². The van der Waals surface area contributed by atoms with Crippen molar-refractivity contribution in [3.05, 3.63) is 0 Å². The average molecular weight is 178 g/mol. The molecule has 0 bridgehead atoms. The third-order valence-corrected chi connectivity index (χ3v) is 3.78. The molecule has 60 valence electrons. The average Bonchev–Trinajstić information content (AvgIpc) is 2.67. The molecule has 2 saturated heterocycles. The van der Waals surface area contributed by atoms with Crippen molar-refractivity contribution in [2.24, 2.45) is 0 Å². The first kappa shape index (κ1) is 8.87. The molecule has 2 aliphatic rings. The van der Waals surface area contributed by atoms with Gasteiger partial charge in [-0.05, 0) is 40.1 Å². The zero-order valence-electron chi connectivity index (χ0n) is 6.24. The van der Waals surface area contributed by atoms with Crippen LogP contribution < -0.4 is 10.6 Å². The molecule has 0 aromatic rings. The van der Waals surface area contributed by atoms with E-state index in [0.717, 1.165) is 15.3 Å². The summed E-state index contributed by atoms with van der Waals surface area (Å²) >= 11 is 0. The van der Waals surface area contributed by atoms with Gasteiger partial charge in [0, 0.05) is 6.54 Å². The van der Waals surface area contributed by atoms with Gasteiger partial charge in [0.2, 0.25) is 0 Å². The predicted molar refractivity (Wildman–Crippen MR) is 51.6 cm³/mol. The fraction of sp³-hybridized carbons (Fsp3) is 1.00. The minimum atomic E-state index is 0.948. The summed E-state index contributed by atoms with van der Waals surface area (Å²) in [7, 11) is 2.26. The largest absolute Gasteiger partial charge is 0.254 e. The number of nitrogens with one attached hydrogen (secondary N) is 2. The smallest absolute Gasteiger partial charge is 0.0152 e. The van der Waals surface area contributed by atoms with E-state index in [0.29, 0.717) is 0 Å². The highest BCUT2D eigenvalue weighted by Gasteiger charge is 1.94. The third kappa shape index (κ3) is 4.57. The SMILES string of the molecule is C1CCPC1.C1CPNN1. The summed E-state index contributed by atoms with van der Waals surface area (Å²) in [5.41, 5.74) is 2.98. The van der Waals surface area contributed by atoms with Crippen LogP contribution in [0.25, 0.3) is 0 Å². The van der Waals surface area contributed by atoms with E-state index in [9.17, 15) is 0 Å². The van der Waals surface area contributed by atoms with Crippen molar-refractivity contribution in [1.29, 1.82) is 0 Å². The molecule has 4 heteroatoms. The summed E-state index contributed by atoms with van der Waals surface area (Å²) in [4.78, 5) is 0. The molecule has 0 amide bonds. The molecule has 0 spiro atoms. The highest BCUT2D eigenvalue weighted by atomic mass is 31.1. The van der Waals surface area contributed by atoms with Gasteiger partial charge in [-0.15, -0.1) is 8.58 Å². The number of hydrogen-bond acceptors (Lipinski definition) is 2. The van der Waals surface area contributed by atoms with Gasteiger partial charge in [0.25, 0.3) is 0 Å². The molecule has 2 nitrogen and oxygen atoms in total. The van der Waals surface area contributed by atoms with Crippen molar-refractivity contribution in [3.63, 3.8) is 0 Å². The fourth-order valence-electron chi connectivity index (χ4n) is 0.937. The summed E-state index contributed by atoms with van der Waals surface area (Å²) in [6.07, 6.45) is 7.39. The van der Waals surface area contributed by atoms with Crippen LogP contribution in [-0.4, -0.2) is 25.0 Å². The van der Waals surface area contributed by atoms with E-state index in [-0.39, 0.29) is 0 Å². The van der Waals surface area contributed by atoms with Gasteiger partial charge in [0.15, 0.2) is 0 Å². The summed E-state index contributed by atoms with van der Waals surface area (Å²) in [6.45, 7) is 1.15. The third-order valence-electron chi connectivity index (χ3n) is 1.51. The van der Waals surface area contributed by atoms with Crippen molar-refractivity contribution < 1.29 is 0 Å². The Bertz CT molecular complexity index is 46.9. The summed E-state index contributed by atoms with van der Waals surface area (Å²) in [5, 5.41) is 3.00. The highest BCUT2D eigenvalue weighted by Crippen LogP contribution is 2.21. The van der Waals surface area contributed by atoms with Crippen LogP contribution in [0.4, 0.5) is 0 Å². The molecule has 1 unspecified atom stereocenters. The van der Waals surface area contributed by atoms with Gasteiger partial charge in [-0.2, -0.15) is 0 Å². The maximum atomic E-state index is 3.00. The predicted octanol–water partition coefficient (Wildman–Crippen LogP) is 1.15. The Balaban J connectivity index is 0.0000001000. The van der Waals surface area contributed by atoms with Gasteiger partial charge in [-0.25, -0.2) is 5.20 Å². The standard InChI is InChI=1S/C4H9P.C2H7N2P/c1-2-4-5-3-1;1-2-5-4-3-1/h5H,1-4H2;3-5H,1-2H2. The number of hydrazine groups is 1. The van der Waals surface area contributed by atoms with Crippen molar-refractivity contribution in [1.82, 2.24) is 10.6 Å². The minimum absolute atomic E-state index is 0.948. The first-order valence-corrected chi connectivity index (χ1v) is 6.54. The van der Waals surface area contributed by atoms with Crippen molar-refractivity contribution in [2.75, 3.05) is 25.0 Å². The lowest BCUT2D eigenvalue weighted by atomic mass is 10.4. The van der Waals surface area contributed by atoms with Crippen LogP contribution in [-0.2, 0) is 0 Å². The number of hydrogen-bond donors (Lipinski definition) is 2. The summed E-state index contributed by atoms with van der Waals surface area (Å²) in [5.74, 6) is 0. The maximum Gasteiger partial charge on any atom is 0.0152 e. The normalized spacial score (nSPS) is 26.4. The van der Waals surface area contributed by atoms with Crippen LogP contribution in [0.15, 0.2) is 0 Å². The van der Waals surface area contributed by atoms with Gasteiger partial charge in [-0.3, -0.25) is 5.43 Å². The van der Waals surface area contributed by atoms with E-state index >= 15 is 0 Å². The number of rotatable bonds is 0. The Morgan fingerprint density at radius 2 is 1.80 bits per heavy atom. The van der Waals surface area contributed by atoms with Gasteiger partial charge in [-0.1, -0.05) is 0 Å². The van der Waals surface area contributed by atoms with E-state index in [1.54, 1.807) is 0 Å². The van der Waals surface area contributed by atoms with Gasteiger partial charge in [0.05, 0.1) is 0 Å². The second-order valence-corrected chi connectivity index (χ2v) is 5.04. The molecule has 2 heterocycles. The second-order valence-electron chi connectivity index (χ2n) is 2.44. The first-order valence-electron chi connectivity index (χ1n) is 3.91. The molecular weight excluding hydrogens is 162 g/mol. The molecule has 10 heavy (non-hydrogen) atoms. The van der Waals surface area contributed by atoms with E-state index in [1.807, 2.05) is 0 Å². The Morgan fingerprint density at radius 1 is 1.00 bits per heavy atom. The second kappa shape index (κ2) is 6.49. The lowest BCUT2D eigenvalue weighted by Crippen LogP contribution is -2.16. The highest BCUT2D eigenvalue weighted by molar-refractivity contribution is 7.38. The fourth-order valence-corrected chi connectivity index (χ4v) is 2.81. The molecule has 0 aliphatic carbocycles. The minimum Gasteiger partial charge on any atom is -0.254 e. The quantitative estimate of drug-likeness (QED) is 0.543. The van der Waals surface area contributed by atoms with E-state index in [1.165, 1.54) is 39.9 Å². The monoisotopic (exact) mass is 178 g/mol. The van der Waals surface area contributed by atoms with Crippen molar-refractivity contribution in [2.45, 2.75) is 12.8 Å². The Labute approximate surface area is 66.5 Å². The molecule has 0 saturated carbocycles. The van der Waals surface area contributed by atoms with Crippen LogP contribution in [0.5, 0.6) is 0 Å². The molecule has 2 fully saturated rings. The Morgan fingerprint density at radius 3 is 2.00 bits per heavy atom. The zero-order valence-corrected chi connectivity index (χ0v) is 8.24. The molecular formula is C6H16N2P2. The van der Waals surface area contributed by atoms with E-state index < -0.39 is 0 Å². The van der Waals surface area contributed by atoms with Crippen LogP contribution in [0.3, 0.4) is 0 Å². The lowest BCUT2D eigenvalue weighted by molar-refractivity contribution is 0.763. The first-order chi connectivity index (χ1) is 5.00. The van der Waals surface area contributed by atoms with Crippen molar-refractivity contribution in [3.8, 4) is 0 Å². The molecule has 0 aromatic heterocycles. The molecule has 0 aromatic carbocycles. The van der Waals surface area contributed by atoms with Gasteiger partial charge in [0.1, 0.15) is 0 Å². The van der Waals surface area contributed by atoms with Gasteiger partial charge >= 0.3 is 0 Å². The summed E-state index contributed by atoms with van der Waals surface area (Å²) in [6, 6.07) is 0. The molecule has 2 aliphatic heterocycles. The van der Waals surface area contributed by atoms with Crippen LogP contribution in [0.1, 0.15) is 12.8 Å². The van der Waals surface area contributed by atoms with Crippen molar-refractivity contribution >= 4 is 17.3 Å². The molecule has 2 N–H and O–H groups in total.